The summed E-state index contributed by atoms with van der Waals surface area (Å²) in [7, 11) is 0. The second kappa shape index (κ2) is 13.4. The molecule has 0 bridgehead atoms. The summed E-state index contributed by atoms with van der Waals surface area (Å²) in [5, 5.41) is 2.97. The third-order valence-corrected chi connectivity index (χ3v) is 6.49. The number of hydrogen-bond acceptors (Lipinski definition) is 2. The number of benzene rings is 2. The Morgan fingerprint density at radius 1 is 1.09 bits per heavy atom. The van der Waals surface area contributed by atoms with Crippen LogP contribution in [0.3, 0.4) is 0 Å². The van der Waals surface area contributed by atoms with Crippen LogP contribution in [0.15, 0.2) is 54.6 Å². The molecule has 1 saturated carbocycles. The maximum atomic E-state index is 13.2. The van der Waals surface area contributed by atoms with Crippen LogP contribution in [-0.2, 0) is 11.0 Å². The monoisotopic (exact) mass is 462 g/mol. The predicted octanol–water partition coefficient (Wildman–Crippen LogP) is 6.47. The molecule has 0 radical (unpaired) electrons. The standard InChI is InChI=1S/C21H31F3N2O.C6H6/c1-3-16-8-7-15(13-26-20(27)5-4-10-25)11-19(16)18-12-17(21(22,23)24)9-6-14(18)2;1-2-4-6-5-3-1/h6,9,12,15-16,19H,3-5,7-8,10-11,13,25H2,1-2H3,(H,26,27);1-6H. The lowest BCUT2D eigenvalue weighted by Gasteiger charge is -2.37. The number of carbonyl (C=O) groups is 1. The summed E-state index contributed by atoms with van der Waals surface area (Å²) in [5.74, 6) is 0.798. The van der Waals surface area contributed by atoms with E-state index in [1.54, 1.807) is 6.07 Å². The molecule has 0 saturated heterocycles. The molecule has 1 fully saturated rings. The van der Waals surface area contributed by atoms with Crippen LogP contribution < -0.4 is 11.1 Å². The number of amides is 1. The Labute approximate surface area is 196 Å². The molecule has 3 rings (SSSR count). The molecule has 0 heterocycles. The Hall–Kier alpha value is -2.34. The van der Waals surface area contributed by atoms with Crippen molar-refractivity contribution >= 4 is 5.91 Å². The number of nitrogens with two attached hydrogens (primary N) is 1. The molecule has 3 unspecified atom stereocenters. The van der Waals surface area contributed by atoms with Crippen LogP contribution in [0.2, 0.25) is 0 Å². The molecule has 1 aliphatic carbocycles. The van der Waals surface area contributed by atoms with Gasteiger partial charge in [0.1, 0.15) is 0 Å². The molecule has 2 aromatic carbocycles. The summed E-state index contributed by atoms with van der Waals surface area (Å²) < 4.78 is 39.5. The van der Waals surface area contributed by atoms with Crippen LogP contribution >= 0.6 is 0 Å². The van der Waals surface area contributed by atoms with Gasteiger partial charge in [0.05, 0.1) is 5.56 Å². The second-order valence-electron chi connectivity index (χ2n) is 8.87. The van der Waals surface area contributed by atoms with Crippen LogP contribution in [-0.4, -0.2) is 19.0 Å². The van der Waals surface area contributed by atoms with E-state index in [1.165, 1.54) is 6.07 Å². The van der Waals surface area contributed by atoms with Crippen molar-refractivity contribution in [1.82, 2.24) is 5.32 Å². The lowest BCUT2D eigenvalue weighted by Crippen LogP contribution is -2.34. The van der Waals surface area contributed by atoms with E-state index in [-0.39, 0.29) is 11.8 Å². The Morgan fingerprint density at radius 2 is 1.73 bits per heavy atom. The first-order chi connectivity index (χ1) is 15.8. The number of halogens is 3. The highest BCUT2D eigenvalue weighted by molar-refractivity contribution is 5.75. The maximum Gasteiger partial charge on any atom is 0.416 e. The fourth-order valence-corrected chi connectivity index (χ4v) is 4.59. The molecule has 1 amide bonds. The minimum absolute atomic E-state index is 0.00450. The number of carbonyl (C=O) groups excluding carboxylic acids is 1. The summed E-state index contributed by atoms with van der Waals surface area (Å²) in [6.07, 6.45) is 0.533. The topological polar surface area (TPSA) is 55.1 Å². The van der Waals surface area contributed by atoms with E-state index in [0.717, 1.165) is 42.9 Å². The van der Waals surface area contributed by atoms with E-state index in [4.69, 9.17) is 5.73 Å². The van der Waals surface area contributed by atoms with E-state index in [9.17, 15) is 18.0 Å². The molecule has 182 valence electrons. The largest absolute Gasteiger partial charge is 0.416 e. The SMILES string of the molecule is CCC1CCC(CNC(=O)CCCN)CC1c1cc(C(F)(F)F)ccc1C.c1ccccc1. The van der Waals surface area contributed by atoms with Gasteiger partial charge in [0.2, 0.25) is 5.91 Å². The normalized spacial score (nSPS) is 20.5. The van der Waals surface area contributed by atoms with Crippen molar-refractivity contribution in [3.05, 3.63) is 71.3 Å². The van der Waals surface area contributed by atoms with Gasteiger partial charge >= 0.3 is 6.18 Å². The fourth-order valence-electron chi connectivity index (χ4n) is 4.59. The minimum Gasteiger partial charge on any atom is -0.356 e. The Bertz CT molecular complexity index is 812. The van der Waals surface area contributed by atoms with Crippen molar-refractivity contribution < 1.29 is 18.0 Å². The van der Waals surface area contributed by atoms with Crippen LogP contribution in [0.1, 0.15) is 68.1 Å². The maximum absolute atomic E-state index is 13.2. The predicted molar refractivity (Wildman–Crippen MR) is 128 cm³/mol. The molecule has 0 spiro atoms. The molecule has 6 heteroatoms. The van der Waals surface area contributed by atoms with Gasteiger partial charge < -0.3 is 11.1 Å². The number of nitrogens with one attached hydrogen (secondary N) is 1. The highest BCUT2D eigenvalue weighted by Gasteiger charge is 2.35. The van der Waals surface area contributed by atoms with Gasteiger partial charge in [-0.25, -0.2) is 0 Å². The molecule has 0 aliphatic heterocycles. The summed E-state index contributed by atoms with van der Waals surface area (Å²) in [5.41, 5.74) is 6.58. The van der Waals surface area contributed by atoms with Crippen LogP contribution in [0, 0.1) is 18.8 Å². The Balaban J connectivity index is 0.000000554. The molecular weight excluding hydrogens is 425 g/mol. The molecule has 0 aromatic heterocycles. The van der Waals surface area contributed by atoms with E-state index < -0.39 is 11.7 Å². The average molecular weight is 463 g/mol. The van der Waals surface area contributed by atoms with E-state index in [1.807, 2.05) is 43.3 Å². The molecule has 3 nitrogen and oxygen atoms in total. The molecule has 3 atom stereocenters. The summed E-state index contributed by atoms with van der Waals surface area (Å²) in [4.78, 5) is 11.8. The van der Waals surface area contributed by atoms with Crippen molar-refractivity contribution in [2.24, 2.45) is 17.6 Å². The van der Waals surface area contributed by atoms with Crippen molar-refractivity contribution in [1.29, 1.82) is 0 Å². The van der Waals surface area contributed by atoms with E-state index >= 15 is 0 Å². The highest BCUT2D eigenvalue weighted by Crippen LogP contribution is 2.44. The van der Waals surface area contributed by atoms with Gasteiger partial charge in [-0.15, -0.1) is 0 Å². The van der Waals surface area contributed by atoms with E-state index in [2.05, 4.69) is 12.2 Å². The zero-order valence-electron chi connectivity index (χ0n) is 19.7. The van der Waals surface area contributed by atoms with Crippen LogP contribution in [0.5, 0.6) is 0 Å². The first-order valence-electron chi connectivity index (χ1n) is 11.9. The average Bonchev–Trinajstić information content (AvgIpc) is 2.82. The highest BCUT2D eigenvalue weighted by atomic mass is 19.4. The van der Waals surface area contributed by atoms with Gasteiger partial charge in [-0.05, 0) is 80.2 Å². The van der Waals surface area contributed by atoms with Gasteiger partial charge in [0.15, 0.2) is 0 Å². The fraction of sp³-hybridized carbons (Fsp3) is 0.519. The zero-order valence-corrected chi connectivity index (χ0v) is 19.7. The van der Waals surface area contributed by atoms with Crippen LogP contribution in [0.25, 0.3) is 0 Å². The second-order valence-corrected chi connectivity index (χ2v) is 8.87. The van der Waals surface area contributed by atoms with Crippen molar-refractivity contribution in [2.45, 2.75) is 64.5 Å². The van der Waals surface area contributed by atoms with Gasteiger partial charge in [-0.1, -0.05) is 55.8 Å². The Kier molecular flexibility index (Phi) is 10.9. The lowest BCUT2D eigenvalue weighted by molar-refractivity contribution is -0.137. The molecule has 1 aliphatic rings. The lowest BCUT2D eigenvalue weighted by atomic mass is 9.69. The van der Waals surface area contributed by atoms with Gasteiger partial charge in [-0.2, -0.15) is 13.2 Å². The first kappa shape index (κ1) is 26.9. The van der Waals surface area contributed by atoms with Crippen molar-refractivity contribution in [2.75, 3.05) is 13.1 Å². The van der Waals surface area contributed by atoms with E-state index in [0.29, 0.717) is 37.8 Å². The third-order valence-electron chi connectivity index (χ3n) is 6.49. The number of alkyl halides is 3. The van der Waals surface area contributed by atoms with Crippen molar-refractivity contribution in [3.8, 4) is 0 Å². The van der Waals surface area contributed by atoms with Gasteiger partial charge in [-0.3, -0.25) is 4.79 Å². The van der Waals surface area contributed by atoms with Gasteiger partial charge in [0.25, 0.3) is 0 Å². The summed E-state index contributed by atoms with van der Waals surface area (Å²) in [6.45, 7) is 5.08. The molecule has 3 N–H and O–H groups in total. The minimum atomic E-state index is -4.32. The smallest absolute Gasteiger partial charge is 0.356 e. The summed E-state index contributed by atoms with van der Waals surface area (Å²) in [6, 6.07) is 16.1. The third kappa shape index (κ3) is 8.84. The number of hydrogen-bond donors (Lipinski definition) is 2. The first-order valence-corrected chi connectivity index (χ1v) is 11.9. The quantitative estimate of drug-likeness (QED) is 0.496. The zero-order chi connectivity index (χ0) is 24.3. The number of rotatable bonds is 7. The Morgan fingerprint density at radius 3 is 2.27 bits per heavy atom. The molecule has 2 aromatic rings. The molecular formula is C27H37F3N2O. The molecule has 33 heavy (non-hydrogen) atoms. The summed E-state index contributed by atoms with van der Waals surface area (Å²) >= 11 is 0. The number of aryl methyl sites for hydroxylation is 1. The van der Waals surface area contributed by atoms with Crippen LogP contribution in [0.4, 0.5) is 13.2 Å². The van der Waals surface area contributed by atoms with Crippen molar-refractivity contribution in [3.63, 3.8) is 0 Å². The van der Waals surface area contributed by atoms with Gasteiger partial charge in [0, 0.05) is 13.0 Å².